The minimum absolute atomic E-state index is 0.0345. The van der Waals surface area contributed by atoms with Gasteiger partial charge in [-0.15, -0.1) is 0 Å². The molecule has 0 aromatic heterocycles. The first-order valence-corrected chi connectivity index (χ1v) is 11.4. The zero-order valence-electron chi connectivity index (χ0n) is 17.2. The van der Waals surface area contributed by atoms with Crippen molar-refractivity contribution in [2.45, 2.75) is 31.2 Å². The Bertz CT molecular complexity index is 1060. The number of amides is 2. The van der Waals surface area contributed by atoms with Crippen molar-refractivity contribution in [2.24, 2.45) is 23.7 Å². The molecule has 0 unspecified atom stereocenters. The molecule has 5 rings (SSSR count). The third-order valence-corrected chi connectivity index (χ3v) is 7.92. The average molecular weight is 483 g/mol. The maximum atomic E-state index is 13.0. The Morgan fingerprint density at radius 3 is 2.32 bits per heavy atom. The predicted molar refractivity (Wildman–Crippen MR) is 120 cm³/mol. The molecule has 1 aliphatic heterocycles. The summed E-state index contributed by atoms with van der Waals surface area (Å²) in [7, 11) is 0. The average Bonchev–Trinajstić information content (AvgIpc) is 3.32. The van der Waals surface area contributed by atoms with E-state index in [1.165, 1.54) is 0 Å². The number of anilines is 2. The topological polar surface area (TPSA) is 84.5 Å². The summed E-state index contributed by atoms with van der Waals surface area (Å²) in [6.45, 7) is 3.97. The van der Waals surface area contributed by atoms with Crippen molar-refractivity contribution in [3.8, 4) is 0 Å². The fraction of sp³-hybridized carbons (Fsp3) is 0.375. The van der Waals surface area contributed by atoms with E-state index in [-0.39, 0.29) is 52.4 Å². The molecule has 2 bridgehead atoms. The van der Waals surface area contributed by atoms with E-state index in [9.17, 15) is 14.4 Å². The standard InChI is InChI=1S/C24H23BrN2O4/c1-11-7-12(2)9-15(8-11)27-22(28)13-3-5-14(6-4-13)26-23(29)18-16-10-17-19(18)24(30)31-21(17)20(16)25/h3-9,16-21H,10H2,1-2H3,(H,26,29)(H,27,28)/t16-,17-,18-,19+,20+,21+/m1/s1. The summed E-state index contributed by atoms with van der Waals surface area (Å²) in [6, 6.07) is 12.7. The Morgan fingerprint density at radius 1 is 0.968 bits per heavy atom. The van der Waals surface area contributed by atoms with Crippen molar-refractivity contribution in [2.75, 3.05) is 10.6 Å². The Kier molecular flexibility index (Phi) is 4.88. The van der Waals surface area contributed by atoms with Gasteiger partial charge in [-0.05, 0) is 73.7 Å². The van der Waals surface area contributed by atoms with E-state index < -0.39 is 0 Å². The van der Waals surface area contributed by atoms with Gasteiger partial charge in [0.2, 0.25) is 5.91 Å². The number of fused-ring (bicyclic) bond motifs is 1. The smallest absolute Gasteiger partial charge is 0.310 e. The van der Waals surface area contributed by atoms with Crippen LogP contribution in [0.5, 0.6) is 0 Å². The molecule has 2 aromatic carbocycles. The lowest BCUT2D eigenvalue weighted by atomic mass is 9.79. The largest absolute Gasteiger partial charge is 0.461 e. The Balaban J connectivity index is 1.26. The highest BCUT2D eigenvalue weighted by molar-refractivity contribution is 9.09. The molecule has 6 nitrogen and oxygen atoms in total. The molecular weight excluding hydrogens is 460 g/mol. The molecule has 2 aliphatic carbocycles. The number of carbonyl (C=O) groups excluding carboxylic acids is 3. The third kappa shape index (κ3) is 3.45. The number of benzene rings is 2. The summed E-state index contributed by atoms with van der Waals surface area (Å²) in [5.74, 6) is -1.11. The number of rotatable bonds is 4. The monoisotopic (exact) mass is 482 g/mol. The summed E-state index contributed by atoms with van der Waals surface area (Å²) in [6.07, 6.45) is 0.744. The molecule has 7 heteroatoms. The van der Waals surface area contributed by atoms with Crippen LogP contribution in [0.1, 0.15) is 27.9 Å². The number of halogens is 1. The normalized spacial score (nSPS) is 30.2. The molecule has 2 N–H and O–H groups in total. The summed E-state index contributed by atoms with van der Waals surface area (Å²) < 4.78 is 5.48. The number of alkyl halides is 1. The molecule has 3 aliphatic rings. The lowest BCUT2D eigenvalue weighted by Gasteiger charge is -2.27. The second kappa shape index (κ2) is 7.48. The van der Waals surface area contributed by atoms with Crippen molar-refractivity contribution < 1.29 is 19.1 Å². The van der Waals surface area contributed by atoms with E-state index in [2.05, 4.69) is 26.6 Å². The van der Waals surface area contributed by atoms with Gasteiger partial charge in [-0.3, -0.25) is 14.4 Å². The van der Waals surface area contributed by atoms with Crippen molar-refractivity contribution >= 4 is 45.1 Å². The van der Waals surface area contributed by atoms with E-state index in [4.69, 9.17) is 4.74 Å². The summed E-state index contributed by atoms with van der Waals surface area (Å²) in [4.78, 5) is 37.8. The quantitative estimate of drug-likeness (QED) is 0.508. The minimum atomic E-state index is -0.381. The second-order valence-corrected chi connectivity index (χ2v) is 9.92. The van der Waals surface area contributed by atoms with Crippen LogP contribution in [-0.2, 0) is 14.3 Å². The van der Waals surface area contributed by atoms with Crippen LogP contribution in [0.2, 0.25) is 0 Å². The van der Waals surface area contributed by atoms with Crippen molar-refractivity contribution in [1.29, 1.82) is 0 Å². The van der Waals surface area contributed by atoms with E-state index >= 15 is 0 Å². The SMILES string of the molecule is Cc1cc(C)cc(NC(=O)c2ccc(NC(=O)[C@@H]3[C@H]4C[C@H]5[C@H](OC(=O)[C@@H]53)[C@H]4Br)cc2)c1. The van der Waals surface area contributed by atoms with Crippen LogP contribution in [0.3, 0.4) is 0 Å². The van der Waals surface area contributed by atoms with Gasteiger partial charge in [-0.1, -0.05) is 22.0 Å². The number of esters is 1. The molecule has 1 heterocycles. The van der Waals surface area contributed by atoms with Crippen LogP contribution >= 0.6 is 15.9 Å². The van der Waals surface area contributed by atoms with Crippen LogP contribution < -0.4 is 10.6 Å². The minimum Gasteiger partial charge on any atom is -0.461 e. The van der Waals surface area contributed by atoms with Gasteiger partial charge in [-0.25, -0.2) is 0 Å². The Morgan fingerprint density at radius 2 is 1.65 bits per heavy atom. The van der Waals surface area contributed by atoms with Gasteiger partial charge in [-0.2, -0.15) is 0 Å². The van der Waals surface area contributed by atoms with E-state index in [1.54, 1.807) is 24.3 Å². The van der Waals surface area contributed by atoms with E-state index in [0.29, 0.717) is 11.3 Å². The van der Waals surface area contributed by atoms with Crippen molar-refractivity contribution in [1.82, 2.24) is 0 Å². The van der Waals surface area contributed by atoms with Crippen LogP contribution in [-0.4, -0.2) is 28.7 Å². The lowest BCUT2D eigenvalue weighted by molar-refractivity contribution is -0.145. The molecular formula is C24H23BrN2O4. The second-order valence-electron chi connectivity index (χ2n) is 8.86. The zero-order valence-corrected chi connectivity index (χ0v) is 18.8. The highest BCUT2D eigenvalue weighted by Gasteiger charge is 2.67. The first-order valence-electron chi connectivity index (χ1n) is 10.5. The molecule has 2 amide bonds. The number of nitrogens with one attached hydrogen (secondary N) is 2. The molecule has 6 atom stereocenters. The maximum Gasteiger partial charge on any atom is 0.310 e. The summed E-state index contributed by atoms with van der Waals surface area (Å²) in [5, 5.41) is 5.83. The maximum absolute atomic E-state index is 13.0. The fourth-order valence-corrected chi connectivity index (χ4v) is 6.56. The number of carbonyl (C=O) groups is 3. The van der Waals surface area contributed by atoms with Crippen LogP contribution in [0.15, 0.2) is 42.5 Å². The highest BCUT2D eigenvalue weighted by Crippen LogP contribution is 2.60. The van der Waals surface area contributed by atoms with E-state index in [0.717, 1.165) is 23.2 Å². The highest BCUT2D eigenvalue weighted by atomic mass is 79.9. The number of hydrogen-bond acceptors (Lipinski definition) is 4. The lowest BCUT2D eigenvalue weighted by Crippen LogP contribution is -2.40. The molecule has 160 valence electrons. The van der Waals surface area contributed by atoms with Crippen molar-refractivity contribution in [3.05, 3.63) is 59.2 Å². The van der Waals surface area contributed by atoms with Gasteiger partial charge in [0.05, 0.1) is 16.7 Å². The Hall–Kier alpha value is -2.67. The first-order chi connectivity index (χ1) is 14.8. The molecule has 31 heavy (non-hydrogen) atoms. The summed E-state index contributed by atoms with van der Waals surface area (Å²) in [5.41, 5.74) is 4.01. The molecule has 1 saturated heterocycles. The van der Waals surface area contributed by atoms with Crippen LogP contribution in [0.4, 0.5) is 11.4 Å². The number of hydrogen-bond donors (Lipinski definition) is 2. The van der Waals surface area contributed by atoms with Gasteiger partial charge in [0, 0.05) is 22.9 Å². The van der Waals surface area contributed by atoms with Gasteiger partial charge in [0.1, 0.15) is 6.10 Å². The fourth-order valence-electron chi connectivity index (χ4n) is 5.51. The summed E-state index contributed by atoms with van der Waals surface area (Å²) >= 11 is 3.63. The number of aryl methyl sites for hydroxylation is 2. The van der Waals surface area contributed by atoms with Gasteiger partial charge in [0.15, 0.2) is 0 Å². The van der Waals surface area contributed by atoms with Gasteiger partial charge in [0.25, 0.3) is 5.91 Å². The molecule has 0 spiro atoms. The third-order valence-electron chi connectivity index (χ3n) is 6.72. The Labute approximate surface area is 188 Å². The van der Waals surface area contributed by atoms with Gasteiger partial charge >= 0.3 is 5.97 Å². The van der Waals surface area contributed by atoms with E-state index in [1.807, 2.05) is 32.0 Å². The number of ether oxygens (including phenoxy) is 1. The zero-order chi connectivity index (χ0) is 21.9. The molecule has 2 aromatic rings. The van der Waals surface area contributed by atoms with Crippen LogP contribution in [0, 0.1) is 37.5 Å². The van der Waals surface area contributed by atoms with Crippen LogP contribution in [0.25, 0.3) is 0 Å². The molecule has 3 fully saturated rings. The first kappa shape index (κ1) is 20.2. The predicted octanol–water partition coefficient (Wildman–Crippen LogP) is 4.07. The van der Waals surface area contributed by atoms with Crippen molar-refractivity contribution in [3.63, 3.8) is 0 Å². The molecule has 0 radical (unpaired) electrons. The van der Waals surface area contributed by atoms with Gasteiger partial charge < -0.3 is 15.4 Å². The molecule has 2 saturated carbocycles.